The highest BCUT2D eigenvalue weighted by atomic mass is 32.1. The van der Waals surface area contributed by atoms with Gasteiger partial charge in [-0.3, -0.25) is 0 Å². The lowest BCUT2D eigenvalue weighted by atomic mass is 10.2. The van der Waals surface area contributed by atoms with Crippen LogP contribution in [0.25, 0.3) is 0 Å². The second-order valence-electron chi connectivity index (χ2n) is 4.10. The number of aryl methyl sites for hydroxylation is 1. The number of benzene rings is 1. The summed E-state index contributed by atoms with van der Waals surface area (Å²) in [5, 5.41) is 11.9. The summed E-state index contributed by atoms with van der Waals surface area (Å²) >= 11 is 1.64. The fourth-order valence-corrected chi connectivity index (χ4v) is 2.38. The first-order chi connectivity index (χ1) is 8.60. The van der Waals surface area contributed by atoms with Crippen molar-refractivity contribution in [3.05, 3.63) is 39.8 Å². The van der Waals surface area contributed by atoms with Crippen molar-refractivity contribution < 1.29 is 0 Å². The Hall–Kier alpha value is -2.06. The predicted molar refractivity (Wildman–Crippen MR) is 74.5 cm³/mol. The molecule has 4 nitrogen and oxygen atoms in total. The molecule has 5 heteroatoms. The topological polar surface area (TPSA) is 65.9 Å². The Morgan fingerprint density at radius 3 is 2.83 bits per heavy atom. The Balaban J connectivity index is 2.19. The molecule has 0 saturated heterocycles. The molecule has 0 spiro atoms. The summed E-state index contributed by atoms with van der Waals surface area (Å²) in [5.41, 5.74) is 9.09. The molecule has 1 heterocycles. The first-order valence-electron chi connectivity index (χ1n) is 5.52. The van der Waals surface area contributed by atoms with Crippen LogP contribution < -0.4 is 10.6 Å². The number of nitriles is 1. The van der Waals surface area contributed by atoms with E-state index >= 15 is 0 Å². The number of nitrogens with zero attached hydrogens (tertiary/aromatic N) is 3. The number of rotatable bonds is 3. The maximum absolute atomic E-state index is 8.80. The van der Waals surface area contributed by atoms with E-state index in [0.717, 1.165) is 16.4 Å². The molecule has 0 unspecified atom stereocenters. The molecule has 0 atom stereocenters. The Bertz CT molecular complexity index is 597. The van der Waals surface area contributed by atoms with Gasteiger partial charge in [-0.1, -0.05) is 0 Å². The van der Waals surface area contributed by atoms with Gasteiger partial charge in [-0.05, 0) is 25.1 Å². The van der Waals surface area contributed by atoms with E-state index < -0.39 is 0 Å². The van der Waals surface area contributed by atoms with E-state index in [2.05, 4.69) is 11.1 Å². The summed E-state index contributed by atoms with van der Waals surface area (Å²) in [5.74, 6) is 0. The van der Waals surface area contributed by atoms with E-state index in [1.54, 1.807) is 23.5 Å². The van der Waals surface area contributed by atoms with Crippen LogP contribution in [0.5, 0.6) is 0 Å². The van der Waals surface area contributed by atoms with Crippen LogP contribution in [-0.4, -0.2) is 12.0 Å². The van der Waals surface area contributed by atoms with Crippen molar-refractivity contribution in [2.45, 2.75) is 13.5 Å². The van der Waals surface area contributed by atoms with Gasteiger partial charge in [0.15, 0.2) is 0 Å². The summed E-state index contributed by atoms with van der Waals surface area (Å²) in [7, 11) is 1.96. The second kappa shape index (κ2) is 5.07. The fourth-order valence-electron chi connectivity index (χ4n) is 1.78. The third-order valence-electron chi connectivity index (χ3n) is 2.63. The molecular formula is C13H14N4S. The standard InChI is InChI=1S/C13H14N4S/c1-9-16-11(8-18-9)7-17(2)13-4-3-10(6-14)5-12(13)15/h3-5,8H,7,15H2,1-2H3. The number of nitrogens with two attached hydrogens (primary N) is 1. The first kappa shape index (κ1) is 12.4. The van der Waals surface area contributed by atoms with Gasteiger partial charge in [0.2, 0.25) is 0 Å². The first-order valence-corrected chi connectivity index (χ1v) is 6.40. The van der Waals surface area contributed by atoms with Crippen molar-refractivity contribution in [3.63, 3.8) is 0 Å². The number of hydrogen-bond donors (Lipinski definition) is 1. The molecule has 2 N–H and O–H groups in total. The number of anilines is 2. The molecule has 2 aromatic rings. The SMILES string of the molecule is Cc1nc(CN(C)c2ccc(C#N)cc2N)cs1. The fraction of sp³-hybridized carbons (Fsp3) is 0.231. The van der Waals surface area contributed by atoms with Gasteiger partial charge in [-0.15, -0.1) is 11.3 Å². The van der Waals surface area contributed by atoms with E-state index in [4.69, 9.17) is 11.0 Å². The molecule has 92 valence electrons. The molecule has 2 rings (SSSR count). The highest BCUT2D eigenvalue weighted by Gasteiger charge is 2.08. The molecular weight excluding hydrogens is 244 g/mol. The highest BCUT2D eigenvalue weighted by molar-refractivity contribution is 7.09. The third kappa shape index (κ3) is 2.60. The maximum Gasteiger partial charge on any atom is 0.0992 e. The summed E-state index contributed by atoms with van der Waals surface area (Å²) in [6.45, 7) is 2.70. The Morgan fingerprint density at radius 2 is 2.28 bits per heavy atom. The smallest absolute Gasteiger partial charge is 0.0992 e. The third-order valence-corrected chi connectivity index (χ3v) is 3.46. The van der Waals surface area contributed by atoms with Crippen molar-refractivity contribution in [1.82, 2.24) is 4.98 Å². The van der Waals surface area contributed by atoms with Gasteiger partial charge in [0, 0.05) is 12.4 Å². The van der Waals surface area contributed by atoms with Gasteiger partial charge in [0.05, 0.1) is 40.3 Å². The van der Waals surface area contributed by atoms with Gasteiger partial charge >= 0.3 is 0 Å². The van der Waals surface area contributed by atoms with Crippen LogP contribution in [0.3, 0.4) is 0 Å². The van der Waals surface area contributed by atoms with Crippen LogP contribution in [0.1, 0.15) is 16.3 Å². The van der Waals surface area contributed by atoms with Gasteiger partial charge in [-0.25, -0.2) is 4.98 Å². The highest BCUT2D eigenvalue weighted by Crippen LogP contribution is 2.24. The quantitative estimate of drug-likeness (QED) is 0.859. The maximum atomic E-state index is 8.80. The summed E-state index contributed by atoms with van der Waals surface area (Å²) in [6.07, 6.45) is 0. The zero-order valence-corrected chi connectivity index (χ0v) is 11.2. The number of nitrogen functional groups attached to an aromatic ring is 1. The molecule has 0 bridgehead atoms. The zero-order chi connectivity index (χ0) is 13.1. The number of hydrogen-bond acceptors (Lipinski definition) is 5. The molecule has 0 aliphatic rings. The van der Waals surface area contributed by atoms with E-state index in [0.29, 0.717) is 17.8 Å². The molecule has 0 aliphatic heterocycles. The summed E-state index contributed by atoms with van der Waals surface area (Å²) in [4.78, 5) is 6.46. The number of thiazole rings is 1. The Morgan fingerprint density at radius 1 is 1.50 bits per heavy atom. The molecule has 0 radical (unpaired) electrons. The lowest BCUT2D eigenvalue weighted by molar-refractivity contribution is 0.891. The van der Waals surface area contributed by atoms with Gasteiger partial charge in [0.25, 0.3) is 0 Å². The molecule has 0 saturated carbocycles. The predicted octanol–water partition coefficient (Wildman–Crippen LogP) is 2.54. The van der Waals surface area contributed by atoms with E-state index in [1.165, 1.54) is 0 Å². The van der Waals surface area contributed by atoms with E-state index in [9.17, 15) is 0 Å². The molecule has 1 aromatic carbocycles. The van der Waals surface area contributed by atoms with Gasteiger partial charge in [0.1, 0.15) is 0 Å². The van der Waals surface area contributed by atoms with Crippen molar-refractivity contribution >= 4 is 22.7 Å². The summed E-state index contributed by atoms with van der Waals surface area (Å²) < 4.78 is 0. The molecule has 0 aliphatic carbocycles. The molecule has 18 heavy (non-hydrogen) atoms. The molecule has 0 amide bonds. The van der Waals surface area contributed by atoms with Gasteiger partial charge in [-0.2, -0.15) is 5.26 Å². The van der Waals surface area contributed by atoms with Crippen LogP contribution >= 0.6 is 11.3 Å². The minimum absolute atomic E-state index is 0.578. The van der Waals surface area contributed by atoms with Crippen molar-refractivity contribution in [2.24, 2.45) is 0 Å². The van der Waals surface area contributed by atoms with Crippen LogP contribution in [0, 0.1) is 18.3 Å². The Kier molecular flexibility index (Phi) is 3.49. The Labute approximate surface area is 110 Å². The van der Waals surface area contributed by atoms with Gasteiger partial charge < -0.3 is 10.6 Å². The lowest BCUT2D eigenvalue weighted by Gasteiger charge is -2.20. The number of aromatic nitrogens is 1. The second-order valence-corrected chi connectivity index (χ2v) is 5.16. The van der Waals surface area contributed by atoms with Crippen LogP contribution in [0.4, 0.5) is 11.4 Å². The molecule has 1 aromatic heterocycles. The summed E-state index contributed by atoms with van der Waals surface area (Å²) in [6, 6.07) is 7.41. The molecule has 0 fully saturated rings. The van der Waals surface area contributed by atoms with Crippen LogP contribution in [0.15, 0.2) is 23.6 Å². The van der Waals surface area contributed by atoms with Crippen molar-refractivity contribution in [2.75, 3.05) is 17.7 Å². The average Bonchev–Trinajstić information content (AvgIpc) is 2.74. The van der Waals surface area contributed by atoms with Crippen molar-refractivity contribution in [1.29, 1.82) is 5.26 Å². The van der Waals surface area contributed by atoms with E-state index in [-0.39, 0.29) is 0 Å². The average molecular weight is 258 g/mol. The largest absolute Gasteiger partial charge is 0.397 e. The normalized spacial score (nSPS) is 10.1. The lowest BCUT2D eigenvalue weighted by Crippen LogP contribution is -2.18. The zero-order valence-electron chi connectivity index (χ0n) is 10.3. The minimum Gasteiger partial charge on any atom is -0.397 e. The van der Waals surface area contributed by atoms with Crippen LogP contribution in [-0.2, 0) is 6.54 Å². The monoisotopic (exact) mass is 258 g/mol. The van der Waals surface area contributed by atoms with Crippen molar-refractivity contribution in [3.8, 4) is 6.07 Å². The van der Waals surface area contributed by atoms with Crippen LogP contribution in [0.2, 0.25) is 0 Å². The van der Waals surface area contributed by atoms with E-state index in [1.807, 2.05) is 30.3 Å². The minimum atomic E-state index is 0.578.